The highest BCUT2D eigenvalue weighted by atomic mass is 16.5. The number of allylic oxidation sites excluding steroid dienone is 3. The van der Waals surface area contributed by atoms with Crippen molar-refractivity contribution in [1.82, 2.24) is 0 Å². The van der Waals surface area contributed by atoms with Crippen LogP contribution in [0.25, 0.3) is 0 Å². The molecule has 0 aromatic heterocycles. The lowest BCUT2D eigenvalue weighted by Gasteiger charge is -2.04. The van der Waals surface area contributed by atoms with Gasteiger partial charge in [0.1, 0.15) is 5.76 Å². The maximum atomic E-state index is 5.68. The Bertz CT molecular complexity index is 242. The molecule has 0 aliphatic heterocycles. The van der Waals surface area contributed by atoms with Crippen LogP contribution in [0, 0.1) is 0 Å². The molecule has 13 heavy (non-hydrogen) atoms. The van der Waals surface area contributed by atoms with Crippen molar-refractivity contribution in [3.63, 3.8) is 0 Å². The topological polar surface area (TPSA) is 70.5 Å². The minimum atomic E-state index is 0.476. The number of rotatable bonds is 4. The van der Waals surface area contributed by atoms with Crippen molar-refractivity contribution in [2.75, 3.05) is 14.2 Å². The Kier molecular flexibility index (Phi) is 5.27. The third-order valence-corrected chi connectivity index (χ3v) is 1.43. The van der Waals surface area contributed by atoms with E-state index in [9.17, 15) is 0 Å². The van der Waals surface area contributed by atoms with Crippen molar-refractivity contribution in [2.45, 2.75) is 6.92 Å². The van der Waals surface area contributed by atoms with Gasteiger partial charge in [-0.2, -0.15) is 0 Å². The third-order valence-electron chi connectivity index (χ3n) is 1.43. The summed E-state index contributed by atoms with van der Waals surface area (Å²) in [5, 5.41) is 0. The molecule has 4 nitrogen and oxygen atoms in total. The molecule has 0 unspecified atom stereocenters. The zero-order valence-corrected chi connectivity index (χ0v) is 8.20. The molecule has 0 radical (unpaired) electrons. The second kappa shape index (κ2) is 5.99. The van der Waals surface area contributed by atoms with Crippen molar-refractivity contribution in [3.8, 4) is 0 Å². The predicted molar refractivity (Wildman–Crippen MR) is 52.3 cm³/mol. The lowest BCUT2D eigenvalue weighted by molar-refractivity contribution is 0.289. The number of hydrogen-bond donors (Lipinski definition) is 2. The summed E-state index contributed by atoms with van der Waals surface area (Å²) in [7, 11) is 3.10. The maximum absolute atomic E-state index is 5.68. The quantitative estimate of drug-likeness (QED) is 0.501. The molecule has 74 valence electrons. The molecule has 0 aliphatic rings. The molecular formula is C9H16N2O2. The summed E-state index contributed by atoms with van der Waals surface area (Å²) in [6.45, 7) is 1.80. The van der Waals surface area contributed by atoms with E-state index in [-0.39, 0.29) is 0 Å². The van der Waals surface area contributed by atoms with Gasteiger partial charge in [0.25, 0.3) is 0 Å². The molecule has 0 bridgehead atoms. The Labute approximate surface area is 78.5 Å². The summed E-state index contributed by atoms with van der Waals surface area (Å²) in [5.41, 5.74) is 11.4. The van der Waals surface area contributed by atoms with Gasteiger partial charge in [0.2, 0.25) is 0 Å². The van der Waals surface area contributed by atoms with E-state index in [1.807, 2.05) is 0 Å². The van der Waals surface area contributed by atoms with Gasteiger partial charge in [-0.05, 0) is 19.2 Å². The molecule has 0 heterocycles. The highest BCUT2D eigenvalue weighted by molar-refractivity contribution is 5.27. The van der Waals surface area contributed by atoms with Gasteiger partial charge in [0, 0.05) is 6.08 Å². The molecule has 0 amide bonds. The Morgan fingerprint density at radius 1 is 1.23 bits per heavy atom. The summed E-state index contributed by atoms with van der Waals surface area (Å²) in [4.78, 5) is 0. The van der Waals surface area contributed by atoms with Crippen molar-refractivity contribution in [1.29, 1.82) is 0 Å². The minimum Gasteiger partial charge on any atom is -0.501 e. The molecule has 4 heteroatoms. The first-order chi connectivity index (χ1) is 6.15. The molecule has 0 aromatic rings. The number of methoxy groups -OCH3 is 2. The average molecular weight is 184 g/mol. The van der Waals surface area contributed by atoms with Crippen LogP contribution in [0.15, 0.2) is 35.6 Å². The minimum absolute atomic E-state index is 0.476. The summed E-state index contributed by atoms with van der Waals surface area (Å²) in [6, 6.07) is 0. The second-order valence-corrected chi connectivity index (χ2v) is 2.34. The normalized spacial score (nSPS) is 14.2. The van der Waals surface area contributed by atoms with Gasteiger partial charge >= 0.3 is 0 Å². The first kappa shape index (κ1) is 11.4. The number of hydrogen-bond acceptors (Lipinski definition) is 4. The Morgan fingerprint density at radius 2 is 1.85 bits per heavy atom. The highest BCUT2D eigenvalue weighted by Gasteiger charge is 1.97. The molecule has 0 spiro atoms. The van der Waals surface area contributed by atoms with Gasteiger partial charge < -0.3 is 20.9 Å². The number of nitrogens with two attached hydrogens (primary N) is 2. The van der Waals surface area contributed by atoms with E-state index in [4.69, 9.17) is 20.9 Å². The molecule has 0 saturated heterocycles. The molecule has 0 aromatic carbocycles. The van der Waals surface area contributed by atoms with Crippen molar-refractivity contribution in [2.24, 2.45) is 11.5 Å². The van der Waals surface area contributed by atoms with Crippen molar-refractivity contribution < 1.29 is 9.47 Å². The van der Waals surface area contributed by atoms with Crippen molar-refractivity contribution in [3.05, 3.63) is 35.6 Å². The fraction of sp³-hybridized carbons (Fsp3) is 0.333. The third kappa shape index (κ3) is 4.10. The SMILES string of the molecule is COC(/C=C/N)=C(N)/C=C(\C)OC. The fourth-order valence-corrected chi connectivity index (χ4v) is 0.719. The highest BCUT2D eigenvalue weighted by Crippen LogP contribution is 2.05. The molecule has 0 rings (SSSR count). The van der Waals surface area contributed by atoms with Gasteiger partial charge in [0.05, 0.1) is 25.7 Å². The van der Waals surface area contributed by atoms with E-state index < -0.39 is 0 Å². The van der Waals surface area contributed by atoms with E-state index in [0.29, 0.717) is 17.2 Å². The van der Waals surface area contributed by atoms with Gasteiger partial charge in [0.15, 0.2) is 0 Å². The zero-order valence-electron chi connectivity index (χ0n) is 8.20. The monoisotopic (exact) mass is 184 g/mol. The van der Waals surface area contributed by atoms with Crippen molar-refractivity contribution >= 4 is 0 Å². The van der Waals surface area contributed by atoms with E-state index in [1.165, 1.54) is 13.3 Å². The van der Waals surface area contributed by atoms with Crippen LogP contribution in [0.4, 0.5) is 0 Å². The molecule has 0 atom stereocenters. The molecule has 0 fully saturated rings. The zero-order chi connectivity index (χ0) is 10.3. The standard InChI is InChI=1S/C9H16N2O2/c1-7(12-2)6-8(11)9(13-3)4-5-10/h4-6H,10-11H2,1-3H3/b5-4+,7-6+,9-8-. The Hall–Kier alpha value is -1.58. The van der Waals surface area contributed by atoms with Gasteiger partial charge in [-0.15, -0.1) is 0 Å². The molecular weight excluding hydrogens is 168 g/mol. The van der Waals surface area contributed by atoms with Crippen LogP contribution >= 0.6 is 0 Å². The van der Waals surface area contributed by atoms with Crippen LogP contribution in [0.5, 0.6) is 0 Å². The lowest BCUT2D eigenvalue weighted by Crippen LogP contribution is -2.01. The number of ether oxygens (including phenoxy) is 2. The maximum Gasteiger partial charge on any atom is 0.143 e. The summed E-state index contributed by atoms with van der Waals surface area (Å²) >= 11 is 0. The van der Waals surface area contributed by atoms with Gasteiger partial charge in [-0.25, -0.2) is 0 Å². The molecule has 4 N–H and O–H groups in total. The Balaban J connectivity index is 4.75. The van der Waals surface area contributed by atoms with Crippen LogP contribution in [0.1, 0.15) is 6.92 Å². The first-order valence-corrected chi connectivity index (χ1v) is 3.80. The summed E-state index contributed by atoms with van der Waals surface area (Å²) in [5.74, 6) is 1.22. The van der Waals surface area contributed by atoms with Crippen LogP contribution in [0.2, 0.25) is 0 Å². The van der Waals surface area contributed by atoms with Crippen LogP contribution in [0.3, 0.4) is 0 Å². The molecule has 0 saturated carbocycles. The van der Waals surface area contributed by atoms with E-state index in [1.54, 1.807) is 26.2 Å². The van der Waals surface area contributed by atoms with Crippen LogP contribution in [-0.4, -0.2) is 14.2 Å². The van der Waals surface area contributed by atoms with E-state index >= 15 is 0 Å². The largest absolute Gasteiger partial charge is 0.501 e. The smallest absolute Gasteiger partial charge is 0.143 e. The summed E-state index contributed by atoms with van der Waals surface area (Å²) < 4.78 is 9.92. The van der Waals surface area contributed by atoms with Gasteiger partial charge in [-0.1, -0.05) is 0 Å². The van der Waals surface area contributed by atoms with E-state index in [2.05, 4.69) is 0 Å². The van der Waals surface area contributed by atoms with Gasteiger partial charge in [-0.3, -0.25) is 0 Å². The van der Waals surface area contributed by atoms with E-state index in [0.717, 1.165) is 0 Å². The Morgan fingerprint density at radius 3 is 2.23 bits per heavy atom. The van der Waals surface area contributed by atoms with Crippen LogP contribution < -0.4 is 11.5 Å². The lowest BCUT2D eigenvalue weighted by atomic mass is 10.3. The molecule has 0 aliphatic carbocycles. The fourth-order valence-electron chi connectivity index (χ4n) is 0.719. The van der Waals surface area contributed by atoms with Crippen LogP contribution in [-0.2, 0) is 9.47 Å². The second-order valence-electron chi connectivity index (χ2n) is 2.34. The first-order valence-electron chi connectivity index (χ1n) is 3.80. The summed E-state index contributed by atoms with van der Waals surface area (Å²) in [6.07, 6.45) is 4.61. The predicted octanol–water partition coefficient (Wildman–Crippen LogP) is 0.826. The average Bonchev–Trinajstić information content (AvgIpc) is 2.13.